The maximum Gasteiger partial charge on any atom is 0.356 e. The molecule has 0 aliphatic rings. The number of halogens is 1. The number of carbonyl (C=O) groups is 2. The average molecular weight is 350 g/mol. The highest BCUT2D eigenvalue weighted by molar-refractivity contribution is 6.30. The van der Waals surface area contributed by atoms with Crippen LogP contribution in [0.4, 0.5) is 0 Å². The number of carbonyl (C=O) groups excluding carboxylic acids is 1. The quantitative estimate of drug-likeness (QED) is 0.830. The van der Waals surface area contributed by atoms with Crippen LogP contribution >= 0.6 is 11.6 Å². The minimum absolute atomic E-state index is 0.0257. The summed E-state index contributed by atoms with van der Waals surface area (Å²) in [5.74, 6) is -1.67. The first-order chi connectivity index (χ1) is 11.4. The van der Waals surface area contributed by atoms with Crippen molar-refractivity contribution in [3.63, 3.8) is 0 Å². The number of ether oxygens (including phenoxy) is 1. The molecule has 126 valence electrons. The predicted octanol–water partition coefficient (Wildman–Crippen LogP) is 2.33. The predicted molar refractivity (Wildman–Crippen MR) is 87.1 cm³/mol. The summed E-state index contributed by atoms with van der Waals surface area (Å²) in [7, 11) is 1.55. The Kier molecular flexibility index (Phi) is 5.83. The number of benzene rings is 1. The van der Waals surface area contributed by atoms with Gasteiger partial charge < -0.3 is 15.2 Å². The van der Waals surface area contributed by atoms with Crippen molar-refractivity contribution in [3.05, 3.63) is 58.6 Å². The third-order valence-electron chi connectivity index (χ3n) is 3.37. The van der Waals surface area contributed by atoms with Crippen LogP contribution in [0.1, 0.15) is 39.6 Å². The molecule has 0 spiro atoms. The van der Waals surface area contributed by atoms with E-state index in [9.17, 15) is 9.59 Å². The Balaban J connectivity index is 2.08. The van der Waals surface area contributed by atoms with Gasteiger partial charge in [-0.2, -0.15) is 0 Å². The number of nitrogens with zero attached hydrogens (tertiary/aromatic N) is 2. The van der Waals surface area contributed by atoms with Gasteiger partial charge in [0.25, 0.3) is 5.91 Å². The number of nitrogens with one attached hydrogen (secondary N) is 1. The highest BCUT2D eigenvalue weighted by Gasteiger charge is 2.22. The van der Waals surface area contributed by atoms with Gasteiger partial charge in [0, 0.05) is 12.1 Å². The molecule has 2 aromatic rings. The number of carboxylic acid groups (broad SMARTS) is 1. The molecule has 8 heteroatoms. The van der Waals surface area contributed by atoms with Crippen molar-refractivity contribution in [2.24, 2.45) is 0 Å². The Morgan fingerprint density at radius 2 is 1.75 bits per heavy atom. The van der Waals surface area contributed by atoms with E-state index in [0.29, 0.717) is 5.02 Å². The van der Waals surface area contributed by atoms with E-state index < -0.39 is 11.9 Å². The second-order valence-electron chi connectivity index (χ2n) is 5.06. The summed E-state index contributed by atoms with van der Waals surface area (Å²) in [5.41, 5.74) is 0.662. The lowest BCUT2D eigenvalue weighted by molar-refractivity contribution is 0.0640. The van der Waals surface area contributed by atoms with Crippen LogP contribution in [0.25, 0.3) is 0 Å². The Bertz CT molecular complexity index is 719. The van der Waals surface area contributed by atoms with Gasteiger partial charge in [-0.15, -0.1) is 0 Å². The molecule has 7 nitrogen and oxygen atoms in total. The third-order valence-corrected chi connectivity index (χ3v) is 3.62. The van der Waals surface area contributed by atoms with Crippen molar-refractivity contribution < 1.29 is 19.4 Å². The van der Waals surface area contributed by atoms with E-state index in [1.165, 1.54) is 0 Å². The first-order valence-electron chi connectivity index (χ1n) is 7.07. The zero-order chi connectivity index (χ0) is 17.7. The van der Waals surface area contributed by atoms with Crippen LogP contribution in [-0.4, -0.2) is 40.1 Å². The summed E-state index contributed by atoms with van der Waals surface area (Å²) in [6.07, 6.45) is 1.78. The molecule has 0 bridgehead atoms. The van der Waals surface area contributed by atoms with E-state index in [4.69, 9.17) is 21.4 Å². The second kappa shape index (κ2) is 7.85. The molecule has 2 unspecified atom stereocenters. The standard InChI is InChI=1S/C16H16ClN3O4/c1-9(14(24-2)10-3-5-11(17)6-4-10)20-15(21)12-7-19-13(8-18-12)16(22)23/h3-9,14H,1-2H3,(H,20,21)(H,22,23). The fourth-order valence-electron chi connectivity index (χ4n) is 2.19. The summed E-state index contributed by atoms with van der Waals surface area (Å²) >= 11 is 5.87. The van der Waals surface area contributed by atoms with Gasteiger partial charge in [0.15, 0.2) is 5.69 Å². The number of hydrogen-bond acceptors (Lipinski definition) is 5. The van der Waals surface area contributed by atoms with Gasteiger partial charge in [-0.3, -0.25) is 4.79 Å². The molecule has 2 rings (SSSR count). The van der Waals surface area contributed by atoms with Crippen LogP contribution in [0.15, 0.2) is 36.7 Å². The van der Waals surface area contributed by atoms with E-state index >= 15 is 0 Å². The number of hydrogen-bond donors (Lipinski definition) is 2. The van der Waals surface area contributed by atoms with Crippen molar-refractivity contribution in [2.45, 2.75) is 19.1 Å². The molecule has 24 heavy (non-hydrogen) atoms. The highest BCUT2D eigenvalue weighted by atomic mass is 35.5. The molecule has 1 aromatic carbocycles. The summed E-state index contributed by atoms with van der Waals surface area (Å²) in [4.78, 5) is 30.4. The fourth-order valence-corrected chi connectivity index (χ4v) is 2.32. The van der Waals surface area contributed by atoms with Gasteiger partial charge in [0.2, 0.25) is 0 Å². The van der Waals surface area contributed by atoms with Crippen molar-refractivity contribution in [1.82, 2.24) is 15.3 Å². The monoisotopic (exact) mass is 349 g/mol. The molecule has 1 heterocycles. The summed E-state index contributed by atoms with van der Waals surface area (Å²) in [5, 5.41) is 12.2. The number of rotatable bonds is 6. The van der Waals surface area contributed by atoms with Gasteiger partial charge >= 0.3 is 5.97 Å². The molecule has 0 saturated carbocycles. The fraction of sp³-hybridized carbons (Fsp3) is 0.250. The van der Waals surface area contributed by atoms with Gasteiger partial charge in [0.1, 0.15) is 11.8 Å². The lowest BCUT2D eigenvalue weighted by atomic mass is 10.0. The lowest BCUT2D eigenvalue weighted by Crippen LogP contribution is -2.38. The van der Waals surface area contributed by atoms with Gasteiger partial charge in [-0.05, 0) is 24.6 Å². The van der Waals surface area contributed by atoms with Crippen molar-refractivity contribution >= 4 is 23.5 Å². The number of methoxy groups -OCH3 is 1. The average Bonchev–Trinajstić information content (AvgIpc) is 2.57. The largest absolute Gasteiger partial charge is 0.476 e. The van der Waals surface area contributed by atoms with Crippen LogP contribution < -0.4 is 5.32 Å². The molecule has 2 N–H and O–H groups in total. The molecule has 0 radical (unpaired) electrons. The zero-order valence-corrected chi connectivity index (χ0v) is 13.8. The summed E-state index contributed by atoms with van der Waals surface area (Å²) in [6, 6.07) is 6.77. The van der Waals surface area contributed by atoms with E-state index in [1.807, 2.05) is 12.1 Å². The van der Waals surface area contributed by atoms with Gasteiger partial charge in [0.05, 0.1) is 18.4 Å². The van der Waals surface area contributed by atoms with Crippen molar-refractivity contribution in [2.75, 3.05) is 7.11 Å². The molecular weight excluding hydrogens is 334 g/mol. The third kappa shape index (κ3) is 4.27. The van der Waals surface area contributed by atoms with Crippen LogP contribution in [0, 0.1) is 0 Å². The van der Waals surface area contributed by atoms with E-state index in [2.05, 4.69) is 15.3 Å². The molecular formula is C16H16ClN3O4. The Hall–Kier alpha value is -2.51. The van der Waals surface area contributed by atoms with Crippen LogP contribution in [0.5, 0.6) is 0 Å². The molecule has 0 saturated heterocycles. The second-order valence-corrected chi connectivity index (χ2v) is 5.50. The van der Waals surface area contributed by atoms with Crippen LogP contribution in [0.3, 0.4) is 0 Å². The van der Waals surface area contributed by atoms with E-state index in [-0.39, 0.29) is 23.5 Å². The zero-order valence-electron chi connectivity index (χ0n) is 13.1. The molecule has 2 atom stereocenters. The lowest BCUT2D eigenvalue weighted by Gasteiger charge is -2.24. The van der Waals surface area contributed by atoms with Gasteiger partial charge in [-0.1, -0.05) is 23.7 Å². The minimum Gasteiger partial charge on any atom is -0.476 e. The number of aromatic carboxylic acids is 1. The summed E-state index contributed by atoms with van der Waals surface area (Å²) in [6.45, 7) is 1.79. The topological polar surface area (TPSA) is 101 Å². The smallest absolute Gasteiger partial charge is 0.356 e. The summed E-state index contributed by atoms with van der Waals surface area (Å²) < 4.78 is 5.45. The number of carboxylic acids is 1. The maximum atomic E-state index is 12.2. The molecule has 0 aliphatic carbocycles. The van der Waals surface area contributed by atoms with Crippen LogP contribution in [0.2, 0.25) is 5.02 Å². The first kappa shape index (κ1) is 17.8. The Labute approximate surface area is 143 Å². The van der Waals surface area contributed by atoms with Crippen molar-refractivity contribution in [1.29, 1.82) is 0 Å². The maximum absolute atomic E-state index is 12.2. The number of amides is 1. The molecule has 0 fully saturated rings. The highest BCUT2D eigenvalue weighted by Crippen LogP contribution is 2.22. The molecule has 1 amide bonds. The SMILES string of the molecule is COC(c1ccc(Cl)cc1)C(C)NC(=O)c1cnc(C(=O)O)cn1. The number of aromatic nitrogens is 2. The van der Waals surface area contributed by atoms with Crippen LogP contribution in [-0.2, 0) is 4.74 Å². The normalized spacial score (nSPS) is 13.1. The molecule has 0 aliphatic heterocycles. The van der Waals surface area contributed by atoms with E-state index in [1.54, 1.807) is 26.2 Å². The minimum atomic E-state index is -1.20. The van der Waals surface area contributed by atoms with Crippen molar-refractivity contribution in [3.8, 4) is 0 Å². The Morgan fingerprint density at radius 3 is 2.25 bits per heavy atom. The van der Waals surface area contributed by atoms with Gasteiger partial charge in [-0.25, -0.2) is 14.8 Å². The Morgan fingerprint density at radius 1 is 1.17 bits per heavy atom. The van der Waals surface area contributed by atoms with E-state index in [0.717, 1.165) is 18.0 Å². The molecule has 1 aromatic heterocycles. The first-order valence-corrected chi connectivity index (χ1v) is 7.44.